The predicted molar refractivity (Wildman–Crippen MR) is 82.4 cm³/mol. The Hall–Kier alpha value is -1.33. The summed E-state index contributed by atoms with van der Waals surface area (Å²) in [7, 11) is 4.16. The van der Waals surface area contributed by atoms with Crippen LogP contribution >= 0.6 is 11.3 Å². The SMILES string of the molecule is CCOc1ccc2nc(NCC(C)N(C)C)sc2c1. The largest absolute Gasteiger partial charge is 0.494 e. The molecule has 1 atom stereocenters. The van der Waals surface area contributed by atoms with E-state index in [1.165, 1.54) is 0 Å². The van der Waals surface area contributed by atoms with Crippen molar-refractivity contribution in [3.63, 3.8) is 0 Å². The first-order chi connectivity index (χ1) is 9.10. The van der Waals surface area contributed by atoms with Crippen LogP contribution in [0, 0.1) is 0 Å². The first-order valence-electron chi connectivity index (χ1n) is 6.54. The van der Waals surface area contributed by atoms with E-state index in [0.29, 0.717) is 12.6 Å². The topological polar surface area (TPSA) is 37.4 Å². The quantitative estimate of drug-likeness (QED) is 0.882. The van der Waals surface area contributed by atoms with Gasteiger partial charge in [0.25, 0.3) is 0 Å². The number of thiazole rings is 1. The zero-order chi connectivity index (χ0) is 13.8. The minimum absolute atomic E-state index is 0.478. The van der Waals surface area contributed by atoms with E-state index in [-0.39, 0.29) is 0 Å². The Balaban J connectivity index is 2.08. The van der Waals surface area contributed by atoms with Crippen LogP contribution in [0.4, 0.5) is 5.13 Å². The van der Waals surface area contributed by atoms with Crippen molar-refractivity contribution < 1.29 is 4.74 Å². The lowest BCUT2D eigenvalue weighted by atomic mass is 10.3. The van der Waals surface area contributed by atoms with Crippen molar-refractivity contribution in [3.8, 4) is 5.75 Å². The average Bonchev–Trinajstić information content (AvgIpc) is 2.78. The molecular weight excluding hydrogens is 258 g/mol. The summed E-state index contributed by atoms with van der Waals surface area (Å²) in [6.45, 7) is 5.76. The van der Waals surface area contributed by atoms with Gasteiger partial charge >= 0.3 is 0 Å². The number of anilines is 1. The van der Waals surface area contributed by atoms with Crippen LogP contribution in [0.1, 0.15) is 13.8 Å². The van der Waals surface area contributed by atoms with Crippen LogP contribution in [0.5, 0.6) is 5.75 Å². The molecule has 0 fully saturated rings. The zero-order valence-electron chi connectivity index (χ0n) is 11.9. The molecule has 0 aliphatic carbocycles. The second kappa shape index (κ2) is 6.21. The van der Waals surface area contributed by atoms with Crippen molar-refractivity contribution in [1.29, 1.82) is 0 Å². The molecule has 0 spiro atoms. The summed E-state index contributed by atoms with van der Waals surface area (Å²) in [5.41, 5.74) is 1.02. The predicted octanol–water partition coefficient (Wildman–Crippen LogP) is 3.06. The Morgan fingerprint density at radius 3 is 2.89 bits per heavy atom. The van der Waals surface area contributed by atoms with Crippen LogP contribution in [0.3, 0.4) is 0 Å². The molecule has 0 aliphatic rings. The number of nitrogens with zero attached hydrogens (tertiary/aromatic N) is 2. The molecule has 19 heavy (non-hydrogen) atoms. The number of likely N-dealkylation sites (N-methyl/N-ethyl adjacent to an activating group) is 1. The maximum absolute atomic E-state index is 5.50. The summed E-state index contributed by atoms with van der Waals surface area (Å²) in [6.07, 6.45) is 0. The summed E-state index contributed by atoms with van der Waals surface area (Å²) in [4.78, 5) is 6.77. The summed E-state index contributed by atoms with van der Waals surface area (Å²) < 4.78 is 6.66. The molecule has 1 N–H and O–H groups in total. The van der Waals surface area contributed by atoms with Gasteiger partial charge in [-0.15, -0.1) is 0 Å². The third kappa shape index (κ3) is 3.58. The van der Waals surface area contributed by atoms with Crippen molar-refractivity contribution in [2.75, 3.05) is 32.6 Å². The van der Waals surface area contributed by atoms with Gasteiger partial charge in [-0.25, -0.2) is 4.98 Å². The number of aromatic nitrogens is 1. The second-order valence-electron chi connectivity index (χ2n) is 4.78. The molecule has 0 saturated heterocycles. The number of nitrogens with one attached hydrogen (secondary N) is 1. The van der Waals surface area contributed by atoms with E-state index in [9.17, 15) is 0 Å². The number of fused-ring (bicyclic) bond motifs is 1. The summed E-state index contributed by atoms with van der Waals surface area (Å²) in [5.74, 6) is 0.909. The highest BCUT2D eigenvalue weighted by Crippen LogP contribution is 2.29. The lowest BCUT2D eigenvalue weighted by Gasteiger charge is -2.19. The van der Waals surface area contributed by atoms with E-state index in [0.717, 1.165) is 27.6 Å². The van der Waals surface area contributed by atoms with Gasteiger partial charge in [0.2, 0.25) is 0 Å². The first kappa shape index (κ1) is 14.1. The van der Waals surface area contributed by atoms with Gasteiger partial charge in [-0.3, -0.25) is 0 Å². The van der Waals surface area contributed by atoms with E-state index in [4.69, 9.17) is 4.74 Å². The van der Waals surface area contributed by atoms with Crippen molar-refractivity contribution in [1.82, 2.24) is 9.88 Å². The number of ether oxygens (including phenoxy) is 1. The molecule has 0 bridgehead atoms. The van der Waals surface area contributed by atoms with Crippen molar-refractivity contribution in [2.24, 2.45) is 0 Å². The van der Waals surface area contributed by atoms with Crippen LogP contribution in [-0.4, -0.2) is 43.2 Å². The minimum atomic E-state index is 0.478. The number of hydrogen-bond acceptors (Lipinski definition) is 5. The van der Waals surface area contributed by atoms with Crippen LogP contribution in [-0.2, 0) is 0 Å². The maximum atomic E-state index is 5.50. The third-order valence-corrected chi connectivity index (χ3v) is 4.08. The second-order valence-corrected chi connectivity index (χ2v) is 5.81. The number of benzene rings is 1. The Morgan fingerprint density at radius 1 is 1.42 bits per heavy atom. The molecule has 1 aromatic carbocycles. The highest BCUT2D eigenvalue weighted by molar-refractivity contribution is 7.22. The molecular formula is C14H21N3OS. The smallest absolute Gasteiger partial charge is 0.183 e. The minimum Gasteiger partial charge on any atom is -0.494 e. The van der Waals surface area contributed by atoms with Gasteiger partial charge in [0.05, 0.1) is 16.8 Å². The molecule has 0 amide bonds. The first-order valence-corrected chi connectivity index (χ1v) is 7.35. The van der Waals surface area contributed by atoms with Crippen LogP contribution in [0.25, 0.3) is 10.2 Å². The fraction of sp³-hybridized carbons (Fsp3) is 0.500. The molecule has 0 aliphatic heterocycles. The molecule has 104 valence electrons. The van der Waals surface area contributed by atoms with Crippen LogP contribution < -0.4 is 10.1 Å². The number of hydrogen-bond donors (Lipinski definition) is 1. The van der Waals surface area contributed by atoms with Crippen LogP contribution in [0.15, 0.2) is 18.2 Å². The van der Waals surface area contributed by atoms with Gasteiger partial charge in [-0.1, -0.05) is 11.3 Å². The average molecular weight is 279 g/mol. The van der Waals surface area contributed by atoms with Gasteiger partial charge in [0, 0.05) is 12.6 Å². The Bertz CT molecular complexity index is 538. The molecule has 0 saturated carbocycles. The standard InChI is InChI=1S/C14H21N3OS/c1-5-18-11-6-7-12-13(8-11)19-14(16-12)15-9-10(2)17(3)4/h6-8,10H,5,9H2,1-4H3,(H,15,16). The fourth-order valence-electron chi connectivity index (χ4n) is 1.65. The van der Waals surface area contributed by atoms with Gasteiger partial charge in [-0.05, 0) is 46.1 Å². The van der Waals surface area contributed by atoms with E-state index in [2.05, 4.69) is 42.3 Å². The summed E-state index contributed by atoms with van der Waals surface area (Å²) in [6, 6.07) is 6.51. The highest BCUT2D eigenvalue weighted by atomic mass is 32.1. The molecule has 5 heteroatoms. The Kier molecular flexibility index (Phi) is 4.61. The zero-order valence-corrected chi connectivity index (χ0v) is 12.8. The molecule has 1 heterocycles. The Morgan fingerprint density at radius 2 is 2.21 bits per heavy atom. The summed E-state index contributed by atoms with van der Waals surface area (Å²) >= 11 is 1.67. The van der Waals surface area contributed by atoms with Crippen molar-refractivity contribution >= 4 is 26.7 Å². The molecule has 4 nitrogen and oxygen atoms in total. The molecule has 2 aromatic rings. The van der Waals surface area contributed by atoms with Gasteiger partial charge < -0.3 is 15.0 Å². The van der Waals surface area contributed by atoms with Crippen molar-refractivity contribution in [3.05, 3.63) is 18.2 Å². The van der Waals surface area contributed by atoms with E-state index < -0.39 is 0 Å². The Labute approximate surface area is 118 Å². The molecule has 2 rings (SSSR count). The van der Waals surface area contributed by atoms with Gasteiger partial charge in [-0.2, -0.15) is 0 Å². The molecule has 0 radical (unpaired) electrons. The lowest BCUT2D eigenvalue weighted by Crippen LogP contribution is -2.31. The third-order valence-electron chi connectivity index (χ3n) is 3.10. The van der Waals surface area contributed by atoms with Crippen LogP contribution in [0.2, 0.25) is 0 Å². The fourth-order valence-corrected chi connectivity index (χ4v) is 2.56. The molecule has 1 unspecified atom stereocenters. The van der Waals surface area contributed by atoms with E-state index in [1.807, 2.05) is 19.1 Å². The maximum Gasteiger partial charge on any atom is 0.183 e. The van der Waals surface area contributed by atoms with Gasteiger partial charge in [0.1, 0.15) is 5.75 Å². The van der Waals surface area contributed by atoms with Gasteiger partial charge in [0.15, 0.2) is 5.13 Å². The monoisotopic (exact) mass is 279 g/mol. The highest BCUT2D eigenvalue weighted by Gasteiger charge is 2.08. The van der Waals surface area contributed by atoms with E-state index in [1.54, 1.807) is 11.3 Å². The summed E-state index contributed by atoms with van der Waals surface area (Å²) in [5, 5.41) is 4.36. The number of rotatable bonds is 6. The van der Waals surface area contributed by atoms with E-state index >= 15 is 0 Å². The van der Waals surface area contributed by atoms with Crippen molar-refractivity contribution in [2.45, 2.75) is 19.9 Å². The molecule has 1 aromatic heterocycles. The lowest BCUT2D eigenvalue weighted by molar-refractivity contribution is 0.326. The normalized spacial score (nSPS) is 12.9.